The molecule has 0 aromatic heterocycles. The molecule has 2 saturated heterocycles. The van der Waals surface area contributed by atoms with E-state index in [-0.39, 0.29) is 6.42 Å². The van der Waals surface area contributed by atoms with Crippen LogP contribution in [0.3, 0.4) is 0 Å². The molecule has 124 valence electrons. The first-order valence-electron chi connectivity index (χ1n) is 6.82. The van der Waals surface area contributed by atoms with Crippen molar-refractivity contribution >= 4 is 0 Å². The fourth-order valence-electron chi connectivity index (χ4n) is 2.45. The van der Waals surface area contributed by atoms with Crippen molar-refractivity contribution in [2.75, 3.05) is 6.61 Å². The first-order valence-corrected chi connectivity index (χ1v) is 6.82. The second-order valence-corrected chi connectivity index (χ2v) is 5.41. The van der Waals surface area contributed by atoms with Gasteiger partial charge >= 0.3 is 0 Å². The summed E-state index contributed by atoms with van der Waals surface area (Å²) in [4.78, 5) is 0. The van der Waals surface area contributed by atoms with Gasteiger partial charge in [-0.25, -0.2) is 0 Å². The summed E-state index contributed by atoms with van der Waals surface area (Å²) in [6, 6.07) is 0. The minimum atomic E-state index is -1.64. The van der Waals surface area contributed by atoms with Gasteiger partial charge in [-0.3, -0.25) is 0 Å². The highest BCUT2D eigenvalue weighted by molar-refractivity contribution is 4.91. The summed E-state index contributed by atoms with van der Waals surface area (Å²) >= 11 is 0. The lowest BCUT2D eigenvalue weighted by Gasteiger charge is -2.43. The third-order valence-corrected chi connectivity index (χ3v) is 3.82. The van der Waals surface area contributed by atoms with Crippen molar-refractivity contribution in [2.45, 2.75) is 68.7 Å². The van der Waals surface area contributed by atoms with Gasteiger partial charge in [0.05, 0.1) is 18.8 Å². The van der Waals surface area contributed by atoms with Crippen LogP contribution in [0.5, 0.6) is 0 Å². The standard InChI is InChI=1S/C12H22O9/c1-4-5(14)2-6(15)12(19-4)21-10-8(16)7(3-13)20-11(18)9(10)17/h4-18H,2-3H2,1H3/t4-,5-,6-,7+,8+,9-,10-,11-,12-/m0/s1. The van der Waals surface area contributed by atoms with Gasteiger partial charge in [0.1, 0.15) is 30.5 Å². The van der Waals surface area contributed by atoms with Gasteiger partial charge in [0, 0.05) is 6.42 Å². The lowest BCUT2D eigenvalue weighted by molar-refractivity contribution is -0.341. The molecule has 0 aliphatic carbocycles. The number of hydrogen-bond acceptors (Lipinski definition) is 9. The van der Waals surface area contributed by atoms with E-state index in [0.29, 0.717) is 0 Å². The van der Waals surface area contributed by atoms with Gasteiger partial charge in [0.2, 0.25) is 0 Å². The van der Waals surface area contributed by atoms with Crippen LogP contribution in [0.25, 0.3) is 0 Å². The maximum atomic E-state index is 9.98. The number of hydrogen-bond donors (Lipinski definition) is 6. The van der Waals surface area contributed by atoms with Crippen LogP contribution in [0.4, 0.5) is 0 Å². The fourth-order valence-corrected chi connectivity index (χ4v) is 2.45. The van der Waals surface area contributed by atoms with Crippen LogP contribution in [0, 0.1) is 0 Å². The maximum absolute atomic E-state index is 9.98. The Hall–Kier alpha value is -0.360. The van der Waals surface area contributed by atoms with Crippen LogP contribution in [0.1, 0.15) is 13.3 Å². The van der Waals surface area contributed by atoms with Gasteiger partial charge in [0.25, 0.3) is 0 Å². The molecule has 0 amide bonds. The van der Waals surface area contributed by atoms with Crippen LogP contribution in [0.2, 0.25) is 0 Å². The molecule has 0 aromatic carbocycles. The molecule has 0 unspecified atom stereocenters. The number of aliphatic hydroxyl groups excluding tert-OH is 6. The predicted octanol–water partition coefficient (Wildman–Crippen LogP) is -3.34. The Labute approximate surface area is 121 Å². The van der Waals surface area contributed by atoms with Crippen molar-refractivity contribution < 1.29 is 44.8 Å². The summed E-state index contributed by atoms with van der Waals surface area (Å²) in [5.41, 5.74) is 0. The van der Waals surface area contributed by atoms with Crippen LogP contribution in [-0.4, -0.2) is 92.6 Å². The average Bonchev–Trinajstić information content (AvgIpc) is 2.44. The third-order valence-electron chi connectivity index (χ3n) is 3.82. The van der Waals surface area contributed by atoms with Gasteiger partial charge in [-0.15, -0.1) is 0 Å². The molecule has 2 rings (SSSR count). The molecule has 0 spiro atoms. The zero-order valence-electron chi connectivity index (χ0n) is 11.5. The minimum absolute atomic E-state index is 0.0211. The lowest BCUT2D eigenvalue weighted by Crippen LogP contribution is -2.61. The van der Waals surface area contributed by atoms with Crippen LogP contribution in [0.15, 0.2) is 0 Å². The van der Waals surface area contributed by atoms with Crippen molar-refractivity contribution in [1.82, 2.24) is 0 Å². The molecule has 0 radical (unpaired) electrons. The van der Waals surface area contributed by atoms with Crippen molar-refractivity contribution in [3.8, 4) is 0 Å². The summed E-state index contributed by atoms with van der Waals surface area (Å²) in [7, 11) is 0. The molecule has 21 heavy (non-hydrogen) atoms. The normalized spacial score (nSPS) is 51.9. The number of aliphatic hydroxyl groups is 6. The summed E-state index contributed by atoms with van der Waals surface area (Å²) < 4.78 is 15.5. The number of ether oxygens (including phenoxy) is 3. The Morgan fingerprint density at radius 3 is 2.29 bits per heavy atom. The molecule has 0 bridgehead atoms. The van der Waals surface area contributed by atoms with Crippen LogP contribution in [-0.2, 0) is 14.2 Å². The molecule has 0 saturated carbocycles. The van der Waals surface area contributed by atoms with E-state index in [0.717, 1.165) is 0 Å². The Balaban J connectivity index is 2.05. The van der Waals surface area contributed by atoms with Crippen LogP contribution >= 0.6 is 0 Å². The second kappa shape index (κ2) is 6.82. The third kappa shape index (κ3) is 3.52. The van der Waals surface area contributed by atoms with Crippen molar-refractivity contribution in [2.24, 2.45) is 0 Å². The first kappa shape index (κ1) is 17.0. The van der Waals surface area contributed by atoms with E-state index in [2.05, 4.69) is 0 Å². The molecule has 2 heterocycles. The largest absolute Gasteiger partial charge is 0.394 e. The Morgan fingerprint density at radius 2 is 1.67 bits per heavy atom. The van der Waals surface area contributed by atoms with Crippen molar-refractivity contribution in [3.05, 3.63) is 0 Å². The average molecular weight is 310 g/mol. The molecule has 9 atom stereocenters. The Bertz CT molecular complexity index is 341. The van der Waals surface area contributed by atoms with Gasteiger partial charge < -0.3 is 44.8 Å². The summed E-state index contributed by atoms with van der Waals surface area (Å²) in [5.74, 6) is 0. The van der Waals surface area contributed by atoms with E-state index in [9.17, 15) is 25.5 Å². The molecular weight excluding hydrogens is 288 g/mol. The van der Waals surface area contributed by atoms with E-state index >= 15 is 0 Å². The molecule has 2 aliphatic rings. The lowest BCUT2D eigenvalue weighted by atomic mass is 9.98. The smallest absolute Gasteiger partial charge is 0.184 e. The zero-order valence-corrected chi connectivity index (χ0v) is 11.5. The van der Waals surface area contributed by atoms with Gasteiger partial charge in [-0.2, -0.15) is 0 Å². The Morgan fingerprint density at radius 1 is 1.00 bits per heavy atom. The molecule has 6 N–H and O–H groups in total. The highest BCUT2D eigenvalue weighted by atomic mass is 16.7. The predicted molar refractivity (Wildman–Crippen MR) is 65.8 cm³/mol. The highest BCUT2D eigenvalue weighted by Crippen LogP contribution is 2.27. The summed E-state index contributed by atoms with van der Waals surface area (Å²) in [6.07, 6.45) is -10.8. The molecule has 9 nitrogen and oxygen atoms in total. The second-order valence-electron chi connectivity index (χ2n) is 5.41. The van der Waals surface area contributed by atoms with Gasteiger partial charge in [0.15, 0.2) is 12.6 Å². The van der Waals surface area contributed by atoms with Crippen molar-refractivity contribution in [3.63, 3.8) is 0 Å². The number of rotatable bonds is 3. The molecular formula is C12H22O9. The van der Waals surface area contributed by atoms with E-state index in [1.807, 2.05) is 0 Å². The zero-order chi connectivity index (χ0) is 15.7. The maximum Gasteiger partial charge on any atom is 0.184 e. The first-order chi connectivity index (χ1) is 9.85. The quantitative estimate of drug-likeness (QED) is 0.314. The van der Waals surface area contributed by atoms with Gasteiger partial charge in [-0.05, 0) is 6.92 Å². The molecule has 2 fully saturated rings. The summed E-state index contributed by atoms with van der Waals surface area (Å²) in [6.45, 7) is 1.02. The molecule has 2 aliphatic heterocycles. The van der Waals surface area contributed by atoms with E-state index in [1.165, 1.54) is 0 Å². The Kier molecular flexibility index (Phi) is 5.52. The van der Waals surface area contributed by atoms with E-state index < -0.39 is 61.9 Å². The van der Waals surface area contributed by atoms with Crippen molar-refractivity contribution in [1.29, 1.82) is 0 Å². The SMILES string of the molecule is C[C@@H]1O[C@@H](O[C@@H]2[C@H](O)[C@@H](O)O[C@H](CO)[C@H]2O)[C@@H](O)C[C@@H]1O. The van der Waals surface area contributed by atoms with E-state index in [4.69, 9.17) is 19.3 Å². The molecule has 0 aromatic rings. The monoisotopic (exact) mass is 310 g/mol. The van der Waals surface area contributed by atoms with E-state index in [1.54, 1.807) is 6.92 Å². The van der Waals surface area contributed by atoms with Gasteiger partial charge in [-0.1, -0.05) is 0 Å². The minimum Gasteiger partial charge on any atom is -0.394 e. The van der Waals surface area contributed by atoms with Crippen LogP contribution < -0.4 is 0 Å². The topological polar surface area (TPSA) is 149 Å². The molecule has 9 heteroatoms. The highest BCUT2D eigenvalue weighted by Gasteiger charge is 2.47. The summed E-state index contributed by atoms with van der Waals surface area (Å²) in [5, 5.41) is 57.8. The fraction of sp³-hybridized carbons (Fsp3) is 1.00.